The molecule has 1 amide bonds. The van der Waals surface area contributed by atoms with E-state index in [-0.39, 0.29) is 13.2 Å². The average Bonchev–Trinajstić information content (AvgIpc) is 3.04. The highest BCUT2D eigenvalue weighted by Gasteiger charge is 2.21. The van der Waals surface area contributed by atoms with Crippen LogP contribution < -0.4 is 10.1 Å². The first-order valence-electron chi connectivity index (χ1n) is 7.85. The number of aryl methyl sites for hydroxylation is 1. The fraction of sp³-hybridized carbons (Fsp3) is 0.278. The number of benzene rings is 1. The molecule has 8 heteroatoms. The van der Waals surface area contributed by atoms with Crippen molar-refractivity contribution in [3.63, 3.8) is 0 Å². The van der Waals surface area contributed by atoms with Crippen LogP contribution in [0.1, 0.15) is 21.1 Å². The van der Waals surface area contributed by atoms with Gasteiger partial charge < -0.3 is 19.9 Å². The van der Waals surface area contributed by atoms with Crippen LogP contribution in [0.25, 0.3) is 0 Å². The van der Waals surface area contributed by atoms with Crippen LogP contribution in [-0.2, 0) is 16.1 Å². The predicted octanol–water partition coefficient (Wildman–Crippen LogP) is 2.42. The highest BCUT2D eigenvalue weighted by Crippen LogP contribution is 2.16. The summed E-state index contributed by atoms with van der Waals surface area (Å²) in [6, 6.07) is 5.37. The quantitative estimate of drug-likeness (QED) is 0.488. The zero-order valence-electron chi connectivity index (χ0n) is 14.3. The van der Waals surface area contributed by atoms with E-state index < -0.39 is 17.9 Å². The lowest BCUT2D eigenvalue weighted by Crippen LogP contribution is -2.44. The van der Waals surface area contributed by atoms with Crippen molar-refractivity contribution in [1.29, 1.82) is 0 Å². The Morgan fingerprint density at radius 3 is 2.92 bits per heavy atom. The number of thiazole rings is 1. The summed E-state index contributed by atoms with van der Waals surface area (Å²) in [4.78, 5) is 27.8. The molecule has 0 saturated carbocycles. The standard InChI is InChI=1S/C18H20N2O5S/c1-3-7-24-10-16(18(22)23)20-17(21)13-5-4-6-15(8-13)25-9-14-11-26-12(2)19-14/h3-6,8,11,16H,1,7,9-10H2,2H3,(H,20,21)(H,22,23). The number of hydrogen-bond donors (Lipinski definition) is 2. The smallest absolute Gasteiger partial charge is 0.328 e. The zero-order chi connectivity index (χ0) is 18.9. The highest BCUT2D eigenvalue weighted by atomic mass is 32.1. The fourth-order valence-electron chi connectivity index (χ4n) is 2.04. The maximum atomic E-state index is 12.3. The molecular weight excluding hydrogens is 356 g/mol. The normalized spacial score (nSPS) is 11.6. The number of amides is 1. The average molecular weight is 376 g/mol. The molecule has 1 aromatic carbocycles. The molecular formula is C18H20N2O5S. The highest BCUT2D eigenvalue weighted by molar-refractivity contribution is 7.09. The van der Waals surface area contributed by atoms with Gasteiger partial charge in [-0.3, -0.25) is 4.79 Å². The van der Waals surface area contributed by atoms with Crippen molar-refractivity contribution in [2.45, 2.75) is 19.6 Å². The van der Waals surface area contributed by atoms with Crippen LogP contribution >= 0.6 is 11.3 Å². The third-order valence-corrected chi connectivity index (χ3v) is 4.10. The number of aromatic nitrogens is 1. The minimum atomic E-state index is -1.17. The Labute approximate surface area is 155 Å². The number of rotatable bonds is 10. The molecule has 1 unspecified atom stereocenters. The van der Waals surface area contributed by atoms with Crippen LogP contribution in [0.2, 0.25) is 0 Å². The van der Waals surface area contributed by atoms with Crippen molar-refractivity contribution in [2.24, 2.45) is 0 Å². The maximum Gasteiger partial charge on any atom is 0.328 e. The van der Waals surface area contributed by atoms with Crippen molar-refractivity contribution >= 4 is 23.2 Å². The first-order chi connectivity index (χ1) is 12.5. The Hall–Kier alpha value is -2.71. The van der Waals surface area contributed by atoms with Crippen LogP contribution in [0.4, 0.5) is 0 Å². The van der Waals surface area contributed by atoms with E-state index in [1.54, 1.807) is 24.3 Å². The van der Waals surface area contributed by atoms with Gasteiger partial charge in [0.15, 0.2) is 6.04 Å². The van der Waals surface area contributed by atoms with Gasteiger partial charge in [-0.15, -0.1) is 17.9 Å². The number of carbonyl (C=O) groups excluding carboxylic acids is 1. The molecule has 138 valence electrons. The summed E-state index contributed by atoms with van der Waals surface area (Å²) < 4.78 is 10.8. The Kier molecular flexibility index (Phi) is 7.31. The summed E-state index contributed by atoms with van der Waals surface area (Å²) in [7, 11) is 0. The van der Waals surface area contributed by atoms with Crippen LogP contribution in [0.15, 0.2) is 42.3 Å². The maximum absolute atomic E-state index is 12.3. The van der Waals surface area contributed by atoms with E-state index in [4.69, 9.17) is 9.47 Å². The van der Waals surface area contributed by atoms with Crippen LogP contribution in [0, 0.1) is 6.92 Å². The second kappa shape index (κ2) is 9.69. The van der Waals surface area contributed by atoms with Crippen molar-refractivity contribution in [3.8, 4) is 5.75 Å². The van der Waals surface area contributed by atoms with Crippen LogP contribution in [0.3, 0.4) is 0 Å². The number of aliphatic carboxylic acids is 1. The van der Waals surface area contributed by atoms with Gasteiger partial charge in [-0.1, -0.05) is 12.1 Å². The molecule has 1 atom stereocenters. The van der Waals surface area contributed by atoms with Gasteiger partial charge in [0.1, 0.15) is 12.4 Å². The molecule has 0 saturated heterocycles. The monoisotopic (exact) mass is 376 g/mol. The SMILES string of the molecule is C=CCOCC(NC(=O)c1cccc(OCc2csc(C)n2)c1)C(=O)O. The summed E-state index contributed by atoms with van der Waals surface area (Å²) in [6.07, 6.45) is 1.51. The van der Waals surface area contributed by atoms with E-state index in [2.05, 4.69) is 16.9 Å². The number of nitrogens with zero attached hydrogens (tertiary/aromatic N) is 1. The third-order valence-electron chi connectivity index (χ3n) is 3.27. The minimum Gasteiger partial charge on any atom is -0.487 e. The lowest BCUT2D eigenvalue weighted by Gasteiger charge is -2.14. The molecule has 0 aliphatic heterocycles. The van der Waals surface area contributed by atoms with Crippen molar-refractivity contribution in [1.82, 2.24) is 10.3 Å². The van der Waals surface area contributed by atoms with Gasteiger partial charge in [0.2, 0.25) is 0 Å². The predicted molar refractivity (Wildman–Crippen MR) is 97.5 cm³/mol. The van der Waals surface area contributed by atoms with Crippen molar-refractivity contribution < 1.29 is 24.2 Å². The number of ether oxygens (including phenoxy) is 2. The molecule has 7 nitrogen and oxygen atoms in total. The van der Waals surface area contributed by atoms with Gasteiger partial charge in [-0.2, -0.15) is 0 Å². The molecule has 1 aromatic heterocycles. The second-order valence-electron chi connectivity index (χ2n) is 5.36. The first kappa shape index (κ1) is 19.6. The van der Waals surface area contributed by atoms with E-state index in [1.165, 1.54) is 17.4 Å². The van der Waals surface area contributed by atoms with E-state index in [1.807, 2.05) is 12.3 Å². The van der Waals surface area contributed by atoms with Gasteiger partial charge in [0.25, 0.3) is 5.91 Å². The molecule has 0 aliphatic carbocycles. The van der Waals surface area contributed by atoms with Gasteiger partial charge in [0.05, 0.1) is 23.9 Å². The molecule has 0 bridgehead atoms. The zero-order valence-corrected chi connectivity index (χ0v) is 15.1. The Morgan fingerprint density at radius 2 is 2.27 bits per heavy atom. The van der Waals surface area contributed by atoms with E-state index in [0.717, 1.165) is 10.7 Å². The molecule has 2 aromatic rings. The molecule has 2 rings (SSSR count). The van der Waals surface area contributed by atoms with Gasteiger partial charge in [0, 0.05) is 10.9 Å². The van der Waals surface area contributed by atoms with Gasteiger partial charge in [-0.05, 0) is 25.1 Å². The summed E-state index contributed by atoms with van der Waals surface area (Å²) in [6.45, 7) is 5.75. The van der Waals surface area contributed by atoms with E-state index >= 15 is 0 Å². The second-order valence-corrected chi connectivity index (χ2v) is 6.43. The van der Waals surface area contributed by atoms with Crippen LogP contribution in [-0.4, -0.2) is 41.2 Å². The Morgan fingerprint density at radius 1 is 1.46 bits per heavy atom. The van der Waals surface area contributed by atoms with Crippen LogP contribution in [0.5, 0.6) is 5.75 Å². The molecule has 0 aliphatic rings. The summed E-state index contributed by atoms with van der Waals surface area (Å²) in [5.41, 5.74) is 1.11. The number of hydrogen-bond acceptors (Lipinski definition) is 6. The van der Waals surface area contributed by atoms with Gasteiger partial charge in [-0.25, -0.2) is 9.78 Å². The lowest BCUT2D eigenvalue weighted by atomic mass is 10.2. The minimum absolute atomic E-state index is 0.146. The number of carbonyl (C=O) groups is 2. The van der Waals surface area contributed by atoms with E-state index in [9.17, 15) is 14.7 Å². The van der Waals surface area contributed by atoms with Gasteiger partial charge >= 0.3 is 5.97 Å². The van der Waals surface area contributed by atoms with Crippen molar-refractivity contribution in [2.75, 3.05) is 13.2 Å². The molecule has 0 radical (unpaired) electrons. The Bertz CT molecular complexity index is 774. The number of nitrogens with one attached hydrogen (secondary N) is 1. The summed E-state index contributed by atoms with van der Waals surface area (Å²) >= 11 is 1.54. The first-order valence-corrected chi connectivity index (χ1v) is 8.73. The van der Waals surface area contributed by atoms with Crippen molar-refractivity contribution in [3.05, 3.63) is 58.6 Å². The Balaban J connectivity index is 1.97. The topological polar surface area (TPSA) is 97.8 Å². The molecule has 2 N–H and O–H groups in total. The largest absolute Gasteiger partial charge is 0.487 e. The third kappa shape index (κ3) is 5.98. The molecule has 0 fully saturated rings. The molecule has 26 heavy (non-hydrogen) atoms. The lowest BCUT2D eigenvalue weighted by molar-refractivity contribution is -0.140. The molecule has 0 spiro atoms. The molecule has 1 heterocycles. The summed E-state index contributed by atoms with van der Waals surface area (Å²) in [5, 5.41) is 14.5. The number of carboxylic acid groups (broad SMARTS) is 1. The summed E-state index contributed by atoms with van der Waals surface area (Å²) in [5.74, 6) is -1.19. The van der Waals surface area contributed by atoms with E-state index in [0.29, 0.717) is 17.9 Å². The number of carboxylic acids is 1. The fourth-order valence-corrected chi connectivity index (χ4v) is 2.64.